The number of carbonyl (C=O) groups excluding carboxylic acids is 1. The lowest BCUT2D eigenvalue weighted by Gasteiger charge is -2.25. The normalized spacial score (nSPS) is 51.1. The Bertz CT molecular complexity index is 338. The average molecular weight is 261 g/mol. The molecular formula is C9H9BrO4. The zero-order chi connectivity index (χ0) is 10.4. The number of fused-ring (bicyclic) bond motifs is 2. The van der Waals surface area contributed by atoms with Gasteiger partial charge in [-0.1, -0.05) is 15.9 Å². The first-order valence-electron chi connectivity index (χ1n) is 4.15. The van der Waals surface area contributed by atoms with Gasteiger partial charge in [0, 0.05) is 6.42 Å². The number of alkyl halides is 1. The van der Waals surface area contributed by atoms with Crippen LogP contribution < -0.4 is 0 Å². The second kappa shape index (κ2) is 3.00. The fourth-order valence-corrected chi connectivity index (χ4v) is 2.21. The summed E-state index contributed by atoms with van der Waals surface area (Å²) >= 11 is 3.19. The van der Waals surface area contributed by atoms with Crippen LogP contribution in [0, 0.1) is 0 Å². The van der Waals surface area contributed by atoms with E-state index in [1.165, 1.54) is 24.3 Å². The Balaban J connectivity index is 2.43. The molecule has 1 fully saturated rings. The summed E-state index contributed by atoms with van der Waals surface area (Å²) in [6.07, 6.45) is 5.13. The molecule has 2 heterocycles. The smallest absolute Gasteiger partial charge is 0.202 e. The Morgan fingerprint density at radius 2 is 2.07 bits per heavy atom. The van der Waals surface area contributed by atoms with Crippen molar-refractivity contribution in [2.75, 3.05) is 0 Å². The fourth-order valence-electron chi connectivity index (χ4n) is 1.50. The lowest BCUT2D eigenvalue weighted by atomic mass is 10.1. The topological polar surface area (TPSA) is 66.8 Å². The van der Waals surface area contributed by atoms with Gasteiger partial charge in [0.15, 0.2) is 11.6 Å². The van der Waals surface area contributed by atoms with Crippen LogP contribution in [-0.2, 0) is 9.53 Å². The van der Waals surface area contributed by atoms with Gasteiger partial charge in [-0.3, -0.25) is 4.79 Å². The molecule has 1 saturated heterocycles. The summed E-state index contributed by atoms with van der Waals surface area (Å²) in [6.45, 7) is 0. The SMILES string of the molecule is O=C1/C=C\[C@]2(O)C[C@H](Br)[C@](O)(/C=C\1)O2. The van der Waals surface area contributed by atoms with Crippen LogP contribution in [0.1, 0.15) is 6.42 Å². The second-order valence-electron chi connectivity index (χ2n) is 3.44. The van der Waals surface area contributed by atoms with Crippen molar-refractivity contribution in [2.45, 2.75) is 22.8 Å². The van der Waals surface area contributed by atoms with Gasteiger partial charge in [-0.15, -0.1) is 0 Å². The summed E-state index contributed by atoms with van der Waals surface area (Å²) in [5, 5.41) is 19.7. The molecule has 76 valence electrons. The first kappa shape index (κ1) is 10.0. The van der Waals surface area contributed by atoms with Crippen molar-refractivity contribution >= 4 is 21.7 Å². The number of ketones is 1. The molecule has 2 aliphatic heterocycles. The van der Waals surface area contributed by atoms with Crippen molar-refractivity contribution in [3.05, 3.63) is 24.3 Å². The molecule has 0 aliphatic carbocycles. The van der Waals surface area contributed by atoms with Gasteiger partial charge in [0.05, 0.1) is 4.83 Å². The number of aliphatic hydroxyl groups is 2. The minimum absolute atomic E-state index is 0.192. The Kier molecular flexibility index (Phi) is 2.15. The first-order valence-corrected chi connectivity index (χ1v) is 5.07. The molecule has 14 heavy (non-hydrogen) atoms. The predicted molar refractivity (Wildman–Crippen MR) is 51.6 cm³/mol. The van der Waals surface area contributed by atoms with Crippen LogP contribution in [0.5, 0.6) is 0 Å². The quantitative estimate of drug-likeness (QED) is 0.613. The van der Waals surface area contributed by atoms with Crippen LogP contribution in [-0.4, -0.2) is 32.4 Å². The van der Waals surface area contributed by atoms with Gasteiger partial charge in [-0.2, -0.15) is 0 Å². The fraction of sp³-hybridized carbons (Fsp3) is 0.444. The van der Waals surface area contributed by atoms with Gasteiger partial charge in [-0.25, -0.2) is 0 Å². The van der Waals surface area contributed by atoms with Crippen molar-refractivity contribution in [3.8, 4) is 0 Å². The molecule has 2 rings (SSSR count). The maximum Gasteiger partial charge on any atom is 0.202 e. The molecule has 5 heteroatoms. The van der Waals surface area contributed by atoms with E-state index in [1.807, 2.05) is 0 Å². The Labute approximate surface area is 89.0 Å². The molecule has 0 amide bonds. The van der Waals surface area contributed by atoms with Crippen molar-refractivity contribution in [3.63, 3.8) is 0 Å². The number of hydrogen-bond acceptors (Lipinski definition) is 4. The second-order valence-corrected chi connectivity index (χ2v) is 4.54. The van der Waals surface area contributed by atoms with Gasteiger partial charge in [0.25, 0.3) is 0 Å². The van der Waals surface area contributed by atoms with E-state index in [4.69, 9.17) is 4.74 Å². The van der Waals surface area contributed by atoms with E-state index in [-0.39, 0.29) is 12.2 Å². The van der Waals surface area contributed by atoms with Crippen molar-refractivity contribution in [1.82, 2.24) is 0 Å². The molecule has 0 aromatic rings. The van der Waals surface area contributed by atoms with Crippen molar-refractivity contribution in [1.29, 1.82) is 0 Å². The summed E-state index contributed by atoms with van der Waals surface area (Å²) in [7, 11) is 0. The molecule has 3 atom stereocenters. The maximum atomic E-state index is 11.1. The van der Waals surface area contributed by atoms with Crippen LogP contribution >= 0.6 is 15.9 Å². The summed E-state index contributed by atoms with van der Waals surface area (Å²) in [5.41, 5.74) is 0. The van der Waals surface area contributed by atoms with E-state index in [1.54, 1.807) is 0 Å². The lowest BCUT2D eigenvalue weighted by Crippen LogP contribution is -2.36. The number of ether oxygens (including phenoxy) is 1. The van der Waals surface area contributed by atoms with Crippen molar-refractivity contribution < 1.29 is 19.7 Å². The highest BCUT2D eigenvalue weighted by molar-refractivity contribution is 9.09. The zero-order valence-electron chi connectivity index (χ0n) is 7.18. The first-order chi connectivity index (χ1) is 6.44. The maximum absolute atomic E-state index is 11.1. The molecule has 0 saturated carbocycles. The van der Waals surface area contributed by atoms with E-state index in [9.17, 15) is 15.0 Å². The Hall–Kier alpha value is -0.490. The molecular weight excluding hydrogens is 252 g/mol. The molecule has 2 N–H and O–H groups in total. The number of carbonyl (C=O) groups is 1. The molecule has 0 radical (unpaired) electrons. The number of rotatable bonds is 0. The van der Waals surface area contributed by atoms with E-state index in [0.29, 0.717) is 0 Å². The number of halogens is 1. The Morgan fingerprint density at radius 1 is 1.43 bits per heavy atom. The van der Waals surface area contributed by atoms with Gasteiger partial charge in [0.1, 0.15) is 0 Å². The summed E-state index contributed by atoms with van der Waals surface area (Å²) in [6, 6.07) is 0. The monoisotopic (exact) mass is 260 g/mol. The molecule has 2 aliphatic rings. The molecule has 0 spiro atoms. The standard InChI is InChI=1S/C9H9BrO4/c10-7-5-8(12)3-1-6(11)2-4-9(7,13)14-8/h1-4,7,12-13H,5H2/b3-1-,4-2-/t7-,8+,9-/m0/s1. The van der Waals surface area contributed by atoms with Crippen LogP contribution in [0.4, 0.5) is 0 Å². The average Bonchev–Trinajstić information content (AvgIpc) is 2.32. The van der Waals surface area contributed by atoms with Gasteiger partial charge < -0.3 is 14.9 Å². The van der Waals surface area contributed by atoms with Crippen LogP contribution in [0.25, 0.3) is 0 Å². The largest absolute Gasteiger partial charge is 0.362 e. The molecule has 4 nitrogen and oxygen atoms in total. The third-order valence-electron chi connectivity index (χ3n) is 2.26. The molecule has 0 aromatic carbocycles. The third kappa shape index (κ3) is 1.56. The molecule has 0 aromatic heterocycles. The minimum Gasteiger partial charge on any atom is -0.362 e. The Morgan fingerprint density at radius 3 is 2.79 bits per heavy atom. The number of hydrogen-bond donors (Lipinski definition) is 2. The summed E-state index contributed by atoms with van der Waals surface area (Å²) < 4.78 is 5.08. The van der Waals surface area contributed by atoms with Crippen LogP contribution in [0.3, 0.4) is 0 Å². The highest BCUT2D eigenvalue weighted by Crippen LogP contribution is 2.41. The van der Waals surface area contributed by atoms with E-state index in [2.05, 4.69) is 15.9 Å². The van der Waals surface area contributed by atoms with E-state index >= 15 is 0 Å². The zero-order valence-corrected chi connectivity index (χ0v) is 8.77. The lowest BCUT2D eigenvalue weighted by molar-refractivity contribution is -0.245. The third-order valence-corrected chi connectivity index (χ3v) is 3.23. The predicted octanol–water partition coefficient (Wildman–Crippen LogP) is 0.242. The molecule has 0 unspecified atom stereocenters. The van der Waals surface area contributed by atoms with Crippen LogP contribution in [0.15, 0.2) is 24.3 Å². The minimum atomic E-state index is -1.62. The number of allylic oxidation sites excluding steroid dienone is 2. The summed E-state index contributed by atoms with van der Waals surface area (Å²) in [5.74, 6) is -3.47. The molecule has 2 bridgehead atoms. The van der Waals surface area contributed by atoms with E-state index in [0.717, 1.165) is 0 Å². The van der Waals surface area contributed by atoms with Gasteiger partial charge >= 0.3 is 0 Å². The summed E-state index contributed by atoms with van der Waals surface area (Å²) in [4.78, 5) is 10.6. The highest BCUT2D eigenvalue weighted by Gasteiger charge is 2.52. The van der Waals surface area contributed by atoms with Crippen molar-refractivity contribution in [2.24, 2.45) is 0 Å². The van der Waals surface area contributed by atoms with Gasteiger partial charge in [0.2, 0.25) is 5.79 Å². The van der Waals surface area contributed by atoms with Gasteiger partial charge in [-0.05, 0) is 24.3 Å². The highest BCUT2D eigenvalue weighted by atomic mass is 79.9. The van der Waals surface area contributed by atoms with Crippen LogP contribution in [0.2, 0.25) is 0 Å². The van der Waals surface area contributed by atoms with E-state index < -0.39 is 16.4 Å².